The molecule has 3 heterocycles. The SMILES string of the molecule is COCC(C)n1c(=O)ccc2cnc(Nc3ccc(N4CCCCC4)cc3)nc21. The highest BCUT2D eigenvalue weighted by Crippen LogP contribution is 2.23. The molecule has 4 rings (SSSR count). The van der Waals surface area contributed by atoms with E-state index in [0.717, 1.165) is 24.2 Å². The molecular weight excluding hydrogens is 366 g/mol. The van der Waals surface area contributed by atoms with Crippen LogP contribution in [0.25, 0.3) is 11.0 Å². The van der Waals surface area contributed by atoms with E-state index in [1.54, 1.807) is 30.0 Å². The maximum Gasteiger partial charge on any atom is 0.252 e. The minimum atomic E-state index is -0.122. The molecule has 1 unspecified atom stereocenters. The Hall–Kier alpha value is -2.93. The van der Waals surface area contributed by atoms with E-state index in [0.29, 0.717) is 18.2 Å². The summed E-state index contributed by atoms with van der Waals surface area (Å²) in [7, 11) is 1.63. The van der Waals surface area contributed by atoms with Gasteiger partial charge >= 0.3 is 0 Å². The van der Waals surface area contributed by atoms with Crippen molar-refractivity contribution in [3.63, 3.8) is 0 Å². The first kappa shape index (κ1) is 19.4. The summed E-state index contributed by atoms with van der Waals surface area (Å²) in [6.45, 7) is 4.62. The lowest BCUT2D eigenvalue weighted by molar-refractivity contribution is 0.162. The van der Waals surface area contributed by atoms with Gasteiger partial charge in [-0.15, -0.1) is 0 Å². The smallest absolute Gasteiger partial charge is 0.252 e. The van der Waals surface area contributed by atoms with Crippen molar-refractivity contribution < 1.29 is 4.74 Å². The number of pyridine rings is 1. The zero-order valence-corrected chi connectivity index (χ0v) is 17.0. The van der Waals surface area contributed by atoms with E-state index in [4.69, 9.17) is 4.74 Å². The van der Waals surface area contributed by atoms with Crippen LogP contribution in [0.1, 0.15) is 32.2 Å². The number of ether oxygens (including phenoxy) is 1. The first-order valence-corrected chi connectivity index (χ1v) is 10.1. The average Bonchev–Trinajstić information content (AvgIpc) is 2.75. The summed E-state index contributed by atoms with van der Waals surface area (Å²) in [5.74, 6) is 0.465. The van der Waals surface area contributed by atoms with Gasteiger partial charge in [0, 0.05) is 49.2 Å². The number of benzene rings is 1. The van der Waals surface area contributed by atoms with Crippen LogP contribution in [0.2, 0.25) is 0 Å². The number of hydrogen-bond acceptors (Lipinski definition) is 6. The van der Waals surface area contributed by atoms with Crippen LogP contribution in [0.3, 0.4) is 0 Å². The molecule has 1 atom stereocenters. The Labute approximate surface area is 170 Å². The van der Waals surface area contributed by atoms with Crippen molar-refractivity contribution in [3.05, 3.63) is 52.9 Å². The summed E-state index contributed by atoms with van der Waals surface area (Å²) in [4.78, 5) is 23.9. The number of aromatic nitrogens is 3. The second kappa shape index (κ2) is 8.61. The number of anilines is 3. The molecular formula is C22H27N5O2. The summed E-state index contributed by atoms with van der Waals surface area (Å²) in [5, 5.41) is 4.07. The van der Waals surface area contributed by atoms with Gasteiger partial charge < -0.3 is 15.0 Å². The molecule has 1 aromatic carbocycles. The lowest BCUT2D eigenvalue weighted by atomic mass is 10.1. The molecule has 2 aromatic heterocycles. The van der Waals surface area contributed by atoms with Gasteiger partial charge in [-0.1, -0.05) is 0 Å². The second-order valence-electron chi connectivity index (χ2n) is 7.54. The maximum atomic E-state index is 12.4. The highest BCUT2D eigenvalue weighted by molar-refractivity contribution is 5.76. The van der Waals surface area contributed by atoms with Crippen molar-refractivity contribution in [2.75, 3.05) is 37.0 Å². The summed E-state index contributed by atoms with van der Waals surface area (Å²) in [6.07, 6.45) is 5.58. The third kappa shape index (κ3) is 4.24. The average molecular weight is 393 g/mol. The van der Waals surface area contributed by atoms with Crippen LogP contribution in [0.4, 0.5) is 17.3 Å². The summed E-state index contributed by atoms with van der Waals surface area (Å²) < 4.78 is 6.88. The highest BCUT2D eigenvalue weighted by Gasteiger charge is 2.13. The lowest BCUT2D eigenvalue weighted by Crippen LogP contribution is -2.29. The fourth-order valence-electron chi connectivity index (χ4n) is 3.88. The molecule has 0 saturated carbocycles. The van der Waals surface area contributed by atoms with Crippen LogP contribution in [0, 0.1) is 0 Å². The minimum Gasteiger partial charge on any atom is -0.383 e. The van der Waals surface area contributed by atoms with E-state index in [-0.39, 0.29) is 11.6 Å². The predicted molar refractivity (Wildman–Crippen MR) is 116 cm³/mol. The Balaban J connectivity index is 1.59. The lowest BCUT2D eigenvalue weighted by Gasteiger charge is -2.28. The fourth-order valence-corrected chi connectivity index (χ4v) is 3.88. The molecule has 29 heavy (non-hydrogen) atoms. The molecule has 7 heteroatoms. The van der Waals surface area contributed by atoms with E-state index < -0.39 is 0 Å². The van der Waals surface area contributed by atoms with Crippen molar-refractivity contribution in [3.8, 4) is 0 Å². The summed E-state index contributed by atoms with van der Waals surface area (Å²) in [5.41, 5.74) is 2.67. The van der Waals surface area contributed by atoms with Crippen molar-refractivity contribution in [2.45, 2.75) is 32.2 Å². The van der Waals surface area contributed by atoms with E-state index in [9.17, 15) is 4.79 Å². The van der Waals surface area contributed by atoms with Gasteiger partial charge in [0.2, 0.25) is 5.95 Å². The summed E-state index contributed by atoms with van der Waals surface area (Å²) in [6, 6.07) is 11.5. The number of hydrogen-bond donors (Lipinski definition) is 1. The number of rotatable bonds is 6. The van der Waals surface area contributed by atoms with Crippen LogP contribution in [0.5, 0.6) is 0 Å². The van der Waals surface area contributed by atoms with Crippen LogP contribution in [-0.2, 0) is 4.74 Å². The Morgan fingerprint density at radius 3 is 2.59 bits per heavy atom. The minimum absolute atomic E-state index is 0.0995. The second-order valence-corrected chi connectivity index (χ2v) is 7.54. The molecule has 0 spiro atoms. The van der Waals surface area contributed by atoms with Gasteiger partial charge in [-0.2, -0.15) is 4.98 Å². The first-order valence-electron chi connectivity index (χ1n) is 10.1. The molecule has 152 valence electrons. The predicted octanol–water partition coefficient (Wildman–Crippen LogP) is 3.73. The van der Waals surface area contributed by atoms with Gasteiger partial charge in [-0.3, -0.25) is 9.36 Å². The van der Waals surface area contributed by atoms with Crippen LogP contribution >= 0.6 is 0 Å². The maximum absolute atomic E-state index is 12.4. The van der Waals surface area contributed by atoms with Gasteiger partial charge in [0.25, 0.3) is 5.56 Å². The van der Waals surface area contributed by atoms with Crippen LogP contribution < -0.4 is 15.8 Å². The number of fused-ring (bicyclic) bond motifs is 1. The molecule has 0 amide bonds. The Kier molecular flexibility index (Phi) is 5.76. The molecule has 1 N–H and O–H groups in total. The number of nitrogens with one attached hydrogen (secondary N) is 1. The third-order valence-corrected chi connectivity index (χ3v) is 5.36. The Bertz CT molecular complexity index is 1030. The number of nitrogens with zero attached hydrogens (tertiary/aromatic N) is 4. The van der Waals surface area contributed by atoms with E-state index >= 15 is 0 Å². The third-order valence-electron chi connectivity index (χ3n) is 5.36. The van der Waals surface area contributed by atoms with E-state index in [2.05, 4.69) is 32.3 Å². The van der Waals surface area contributed by atoms with Gasteiger partial charge in [-0.05, 0) is 56.5 Å². The van der Waals surface area contributed by atoms with Gasteiger partial charge in [-0.25, -0.2) is 4.98 Å². The first-order chi connectivity index (χ1) is 14.2. The molecule has 0 bridgehead atoms. The van der Waals surface area contributed by atoms with E-state index in [1.807, 2.05) is 19.1 Å². The molecule has 7 nitrogen and oxygen atoms in total. The number of methoxy groups -OCH3 is 1. The highest BCUT2D eigenvalue weighted by atomic mass is 16.5. The fraction of sp³-hybridized carbons (Fsp3) is 0.409. The molecule has 3 aromatic rings. The van der Waals surface area contributed by atoms with Gasteiger partial charge in [0.15, 0.2) is 0 Å². The van der Waals surface area contributed by atoms with Crippen LogP contribution in [0.15, 0.2) is 47.4 Å². The Morgan fingerprint density at radius 2 is 1.86 bits per heavy atom. The quantitative estimate of drug-likeness (QED) is 0.688. The molecule has 0 radical (unpaired) electrons. The monoisotopic (exact) mass is 393 g/mol. The molecule has 1 aliphatic rings. The topological polar surface area (TPSA) is 72.3 Å². The largest absolute Gasteiger partial charge is 0.383 e. The van der Waals surface area contributed by atoms with Gasteiger partial charge in [0.1, 0.15) is 5.65 Å². The van der Waals surface area contributed by atoms with Crippen LogP contribution in [-0.4, -0.2) is 41.3 Å². The number of piperidine rings is 1. The van der Waals surface area contributed by atoms with Crippen molar-refractivity contribution in [1.82, 2.24) is 14.5 Å². The normalized spacial score (nSPS) is 15.4. The molecule has 1 fully saturated rings. The van der Waals surface area contributed by atoms with Crippen molar-refractivity contribution >= 4 is 28.4 Å². The molecule has 0 aliphatic carbocycles. The zero-order valence-electron chi connectivity index (χ0n) is 17.0. The summed E-state index contributed by atoms with van der Waals surface area (Å²) >= 11 is 0. The Morgan fingerprint density at radius 1 is 1.10 bits per heavy atom. The molecule has 1 saturated heterocycles. The molecule has 1 aliphatic heterocycles. The van der Waals surface area contributed by atoms with Crippen molar-refractivity contribution in [1.29, 1.82) is 0 Å². The standard InChI is InChI=1S/C22H27N5O2/c1-16(15-29-2)27-20(28)11-6-17-14-23-22(25-21(17)27)24-18-7-9-19(10-8-18)26-12-4-3-5-13-26/h6-11,14,16H,3-5,12-13,15H2,1-2H3,(H,23,24,25). The van der Waals surface area contributed by atoms with Crippen molar-refractivity contribution in [2.24, 2.45) is 0 Å². The van der Waals surface area contributed by atoms with E-state index in [1.165, 1.54) is 24.9 Å². The van der Waals surface area contributed by atoms with Gasteiger partial charge in [0.05, 0.1) is 12.6 Å². The zero-order chi connectivity index (χ0) is 20.2.